The molecule has 0 radical (unpaired) electrons. The monoisotopic (exact) mass is 382 g/mol. The molecule has 0 aliphatic carbocycles. The largest absolute Gasteiger partial charge is 0.493 e. The van der Waals surface area contributed by atoms with Gasteiger partial charge in [0.2, 0.25) is 0 Å². The van der Waals surface area contributed by atoms with E-state index in [-0.39, 0.29) is 5.91 Å². The van der Waals surface area contributed by atoms with Crippen LogP contribution in [0, 0.1) is 0 Å². The van der Waals surface area contributed by atoms with E-state index in [1.165, 1.54) is 5.56 Å². The Balaban J connectivity index is 1.52. The molecule has 0 aromatic heterocycles. The number of hydrogen-bond donors (Lipinski definition) is 0. The average Bonchev–Trinajstić information content (AvgIpc) is 2.77. The summed E-state index contributed by atoms with van der Waals surface area (Å²) >= 11 is 0. The van der Waals surface area contributed by atoms with Gasteiger partial charge in [-0.1, -0.05) is 30.3 Å². The summed E-state index contributed by atoms with van der Waals surface area (Å²) in [7, 11) is 3.18. The standard InChI is InChI=1S/C23H30N2O3/c1-18(9-10-19-7-5-4-6-8-19)24-13-15-25(16-14-24)23(26)20-11-12-21(27-2)22(17-20)28-3/h4-8,11-12,17-18H,9-10,13-16H2,1-3H3. The highest BCUT2D eigenvalue weighted by molar-refractivity contribution is 5.95. The molecule has 1 amide bonds. The third kappa shape index (κ3) is 4.84. The van der Waals surface area contributed by atoms with Crippen LogP contribution in [0.15, 0.2) is 48.5 Å². The lowest BCUT2D eigenvalue weighted by Gasteiger charge is -2.38. The second kappa shape index (κ2) is 9.60. The summed E-state index contributed by atoms with van der Waals surface area (Å²) in [5.74, 6) is 1.27. The molecule has 1 atom stereocenters. The topological polar surface area (TPSA) is 42.0 Å². The van der Waals surface area contributed by atoms with Gasteiger partial charge in [0, 0.05) is 37.8 Å². The summed E-state index contributed by atoms with van der Waals surface area (Å²) in [6.45, 7) is 5.62. The smallest absolute Gasteiger partial charge is 0.254 e. The molecule has 150 valence electrons. The second-order valence-corrected chi connectivity index (χ2v) is 7.27. The summed E-state index contributed by atoms with van der Waals surface area (Å²) in [6.07, 6.45) is 2.22. The SMILES string of the molecule is COc1ccc(C(=O)N2CCN(C(C)CCc3ccccc3)CC2)cc1OC. The van der Waals surface area contributed by atoms with Crippen molar-refractivity contribution in [1.29, 1.82) is 0 Å². The van der Waals surface area contributed by atoms with Crippen LogP contribution in [0.1, 0.15) is 29.3 Å². The Labute approximate surface area is 167 Å². The lowest BCUT2D eigenvalue weighted by Crippen LogP contribution is -2.51. The summed E-state index contributed by atoms with van der Waals surface area (Å²) in [6, 6.07) is 16.5. The zero-order valence-corrected chi connectivity index (χ0v) is 17.1. The molecule has 2 aromatic rings. The fraction of sp³-hybridized carbons (Fsp3) is 0.435. The van der Waals surface area contributed by atoms with Crippen molar-refractivity contribution in [2.75, 3.05) is 40.4 Å². The van der Waals surface area contributed by atoms with Crippen molar-refractivity contribution in [3.8, 4) is 11.5 Å². The lowest BCUT2D eigenvalue weighted by molar-refractivity contribution is 0.0575. The first-order valence-electron chi connectivity index (χ1n) is 9.91. The van der Waals surface area contributed by atoms with Gasteiger partial charge in [-0.3, -0.25) is 9.69 Å². The van der Waals surface area contributed by atoms with Crippen molar-refractivity contribution in [3.63, 3.8) is 0 Å². The van der Waals surface area contributed by atoms with E-state index in [4.69, 9.17) is 9.47 Å². The number of nitrogens with zero attached hydrogens (tertiary/aromatic N) is 2. The molecule has 1 fully saturated rings. The Hall–Kier alpha value is -2.53. The number of aryl methyl sites for hydroxylation is 1. The van der Waals surface area contributed by atoms with Crippen molar-refractivity contribution in [2.45, 2.75) is 25.8 Å². The zero-order valence-electron chi connectivity index (χ0n) is 17.1. The van der Waals surface area contributed by atoms with Crippen LogP contribution in [0.5, 0.6) is 11.5 Å². The van der Waals surface area contributed by atoms with Crippen LogP contribution in [-0.2, 0) is 6.42 Å². The molecular weight excluding hydrogens is 352 g/mol. The van der Waals surface area contributed by atoms with Gasteiger partial charge in [-0.2, -0.15) is 0 Å². The van der Waals surface area contributed by atoms with Crippen LogP contribution >= 0.6 is 0 Å². The van der Waals surface area contributed by atoms with Crippen LogP contribution in [0.25, 0.3) is 0 Å². The average molecular weight is 383 g/mol. The summed E-state index contributed by atoms with van der Waals surface area (Å²) < 4.78 is 10.6. The molecule has 1 saturated heterocycles. The fourth-order valence-electron chi connectivity index (χ4n) is 3.72. The summed E-state index contributed by atoms with van der Waals surface area (Å²) in [4.78, 5) is 17.3. The first-order valence-corrected chi connectivity index (χ1v) is 9.91. The third-order valence-corrected chi connectivity index (χ3v) is 5.55. The lowest BCUT2D eigenvalue weighted by atomic mass is 10.0. The van der Waals surface area contributed by atoms with E-state index in [0.717, 1.165) is 39.0 Å². The van der Waals surface area contributed by atoms with Crippen molar-refractivity contribution >= 4 is 5.91 Å². The highest BCUT2D eigenvalue weighted by Gasteiger charge is 2.25. The molecule has 5 nitrogen and oxygen atoms in total. The Bertz CT molecular complexity index is 771. The normalized spacial score (nSPS) is 15.9. The van der Waals surface area contributed by atoms with Crippen molar-refractivity contribution in [2.24, 2.45) is 0 Å². The number of hydrogen-bond acceptors (Lipinski definition) is 4. The molecule has 5 heteroatoms. The van der Waals surface area contributed by atoms with E-state index in [1.54, 1.807) is 32.4 Å². The van der Waals surface area contributed by atoms with Gasteiger partial charge in [0.15, 0.2) is 11.5 Å². The Morgan fingerprint density at radius 2 is 1.64 bits per heavy atom. The number of rotatable bonds is 7. The minimum atomic E-state index is 0.0533. The van der Waals surface area contributed by atoms with Gasteiger partial charge in [0.1, 0.15) is 0 Å². The number of carbonyl (C=O) groups is 1. The van der Waals surface area contributed by atoms with Crippen molar-refractivity contribution in [3.05, 3.63) is 59.7 Å². The molecule has 1 heterocycles. The molecule has 0 N–H and O–H groups in total. The van der Waals surface area contributed by atoms with Gasteiger partial charge in [-0.25, -0.2) is 0 Å². The number of piperazine rings is 1. The molecule has 1 aliphatic rings. The number of amides is 1. The van der Waals surface area contributed by atoms with Crippen LogP contribution in [-0.4, -0.2) is 62.1 Å². The maximum Gasteiger partial charge on any atom is 0.254 e. The van der Waals surface area contributed by atoms with E-state index < -0.39 is 0 Å². The van der Waals surface area contributed by atoms with Crippen LogP contribution in [0.2, 0.25) is 0 Å². The molecule has 3 rings (SSSR count). The molecular formula is C23H30N2O3. The van der Waals surface area contributed by atoms with Gasteiger partial charge >= 0.3 is 0 Å². The van der Waals surface area contributed by atoms with Crippen LogP contribution < -0.4 is 9.47 Å². The van der Waals surface area contributed by atoms with Gasteiger partial charge < -0.3 is 14.4 Å². The Morgan fingerprint density at radius 1 is 0.964 bits per heavy atom. The van der Waals surface area contributed by atoms with E-state index in [9.17, 15) is 4.79 Å². The molecule has 2 aromatic carbocycles. The quantitative estimate of drug-likeness (QED) is 0.735. The molecule has 28 heavy (non-hydrogen) atoms. The maximum absolute atomic E-state index is 12.9. The minimum Gasteiger partial charge on any atom is -0.493 e. The van der Waals surface area contributed by atoms with Crippen LogP contribution in [0.3, 0.4) is 0 Å². The highest BCUT2D eigenvalue weighted by atomic mass is 16.5. The van der Waals surface area contributed by atoms with E-state index in [0.29, 0.717) is 23.1 Å². The molecule has 1 unspecified atom stereocenters. The Kier molecular flexibility index (Phi) is 6.93. The molecule has 0 spiro atoms. The number of ether oxygens (including phenoxy) is 2. The first-order chi connectivity index (χ1) is 13.6. The Morgan fingerprint density at radius 3 is 2.29 bits per heavy atom. The van der Waals surface area contributed by atoms with Gasteiger partial charge in [-0.05, 0) is 43.5 Å². The predicted octanol–water partition coefficient (Wildman–Crippen LogP) is 3.48. The number of benzene rings is 2. The van der Waals surface area contributed by atoms with Crippen LogP contribution in [0.4, 0.5) is 0 Å². The summed E-state index contributed by atoms with van der Waals surface area (Å²) in [5, 5.41) is 0. The zero-order chi connectivity index (χ0) is 19.9. The van der Waals surface area contributed by atoms with Gasteiger partial charge in [-0.15, -0.1) is 0 Å². The minimum absolute atomic E-state index is 0.0533. The van der Waals surface area contributed by atoms with E-state index in [1.807, 2.05) is 4.90 Å². The fourth-order valence-corrected chi connectivity index (χ4v) is 3.72. The van der Waals surface area contributed by atoms with E-state index in [2.05, 4.69) is 42.2 Å². The highest BCUT2D eigenvalue weighted by Crippen LogP contribution is 2.28. The first kappa shape index (κ1) is 20.2. The number of methoxy groups -OCH3 is 2. The van der Waals surface area contributed by atoms with Gasteiger partial charge in [0.05, 0.1) is 14.2 Å². The molecule has 1 aliphatic heterocycles. The van der Waals surface area contributed by atoms with Crippen molar-refractivity contribution < 1.29 is 14.3 Å². The predicted molar refractivity (Wildman–Crippen MR) is 111 cm³/mol. The third-order valence-electron chi connectivity index (χ3n) is 5.55. The van der Waals surface area contributed by atoms with Gasteiger partial charge in [0.25, 0.3) is 5.91 Å². The maximum atomic E-state index is 12.9. The number of carbonyl (C=O) groups excluding carboxylic acids is 1. The summed E-state index contributed by atoms with van der Waals surface area (Å²) in [5.41, 5.74) is 2.03. The van der Waals surface area contributed by atoms with Crippen molar-refractivity contribution in [1.82, 2.24) is 9.80 Å². The molecule has 0 bridgehead atoms. The second-order valence-electron chi connectivity index (χ2n) is 7.27. The molecule has 0 saturated carbocycles. The van der Waals surface area contributed by atoms with E-state index >= 15 is 0 Å².